The molecule has 0 aliphatic carbocycles. The van der Waals surface area contributed by atoms with E-state index in [-0.39, 0.29) is 5.56 Å². The van der Waals surface area contributed by atoms with Crippen molar-refractivity contribution < 1.29 is 4.74 Å². The summed E-state index contributed by atoms with van der Waals surface area (Å²) in [5, 5.41) is 3.00. The molecule has 1 aromatic heterocycles. The number of nitrogens with zero attached hydrogens (tertiary/aromatic N) is 1. The molecule has 4 heteroatoms. The van der Waals surface area contributed by atoms with Crippen molar-refractivity contribution in [2.24, 2.45) is 0 Å². The Bertz CT molecular complexity index is 1110. The molecular formula is C23H20N2O2. The smallest absolute Gasteiger partial charge is 0.272 e. The lowest BCUT2D eigenvalue weighted by Crippen LogP contribution is -2.05. The third-order valence-corrected chi connectivity index (χ3v) is 4.62. The minimum atomic E-state index is -0.117. The van der Waals surface area contributed by atoms with Gasteiger partial charge in [-0.05, 0) is 36.8 Å². The summed E-state index contributed by atoms with van der Waals surface area (Å²) in [5.74, 6) is 0.772. The number of H-pyrrole nitrogens is 1. The van der Waals surface area contributed by atoms with E-state index in [1.54, 1.807) is 7.11 Å². The van der Waals surface area contributed by atoms with Crippen LogP contribution in [0.3, 0.4) is 0 Å². The second kappa shape index (κ2) is 7.00. The lowest BCUT2D eigenvalue weighted by atomic mass is 10.0. The van der Waals surface area contributed by atoms with Crippen molar-refractivity contribution in [3.05, 3.63) is 94.8 Å². The second-order valence-corrected chi connectivity index (χ2v) is 6.43. The van der Waals surface area contributed by atoms with Crippen LogP contribution in [0, 0.1) is 6.92 Å². The molecule has 4 rings (SSSR count). The van der Waals surface area contributed by atoms with E-state index in [9.17, 15) is 4.79 Å². The summed E-state index contributed by atoms with van der Waals surface area (Å²) < 4.78 is 7.09. The molecule has 0 aliphatic rings. The van der Waals surface area contributed by atoms with Gasteiger partial charge >= 0.3 is 0 Å². The molecule has 0 unspecified atom stereocenters. The molecular weight excluding hydrogens is 336 g/mol. The summed E-state index contributed by atoms with van der Waals surface area (Å²) >= 11 is 0. The van der Waals surface area contributed by atoms with Crippen molar-refractivity contribution in [3.63, 3.8) is 0 Å². The van der Waals surface area contributed by atoms with Gasteiger partial charge in [0, 0.05) is 5.56 Å². The lowest BCUT2D eigenvalue weighted by Gasteiger charge is -2.11. The highest BCUT2D eigenvalue weighted by atomic mass is 16.5. The van der Waals surface area contributed by atoms with Crippen LogP contribution in [0.1, 0.15) is 5.56 Å². The van der Waals surface area contributed by atoms with E-state index in [1.807, 2.05) is 90.5 Å². The SMILES string of the molecule is COc1ccc(-n2[nH]c(=O)c(-c3ccc(C)cc3)c2-c2ccccc2)cc1. The number of aromatic amines is 1. The Balaban J connectivity index is 1.98. The standard InChI is InChI=1S/C23H20N2O2/c1-16-8-10-17(11-9-16)21-22(18-6-4-3-5-7-18)25(24-23(21)26)19-12-14-20(27-2)15-13-19/h3-15H,1-2H3,(H,24,26). The molecule has 1 N–H and O–H groups in total. The summed E-state index contributed by atoms with van der Waals surface area (Å²) in [5.41, 5.74) is 5.28. The molecule has 134 valence electrons. The van der Waals surface area contributed by atoms with E-state index < -0.39 is 0 Å². The fraction of sp³-hybridized carbons (Fsp3) is 0.0870. The van der Waals surface area contributed by atoms with Gasteiger partial charge in [0.05, 0.1) is 24.1 Å². The number of aryl methyl sites for hydroxylation is 1. The van der Waals surface area contributed by atoms with Gasteiger partial charge in [-0.2, -0.15) is 0 Å². The molecule has 0 aliphatic heterocycles. The molecule has 0 fully saturated rings. The molecule has 4 nitrogen and oxygen atoms in total. The summed E-state index contributed by atoms with van der Waals surface area (Å²) in [4.78, 5) is 12.9. The molecule has 0 amide bonds. The Morgan fingerprint density at radius 1 is 0.815 bits per heavy atom. The van der Waals surface area contributed by atoms with Crippen LogP contribution in [0.4, 0.5) is 0 Å². The zero-order chi connectivity index (χ0) is 18.8. The highest BCUT2D eigenvalue weighted by Gasteiger charge is 2.19. The first-order chi connectivity index (χ1) is 13.2. The number of hydrogen-bond donors (Lipinski definition) is 1. The minimum Gasteiger partial charge on any atom is -0.497 e. The second-order valence-electron chi connectivity index (χ2n) is 6.43. The largest absolute Gasteiger partial charge is 0.497 e. The number of hydrogen-bond acceptors (Lipinski definition) is 2. The van der Waals surface area contributed by atoms with Crippen molar-refractivity contribution in [3.8, 4) is 33.8 Å². The maximum atomic E-state index is 12.9. The number of rotatable bonds is 4. The van der Waals surface area contributed by atoms with Crippen molar-refractivity contribution in [2.45, 2.75) is 6.92 Å². The normalized spacial score (nSPS) is 10.7. The number of ether oxygens (including phenoxy) is 1. The third-order valence-electron chi connectivity index (χ3n) is 4.62. The highest BCUT2D eigenvalue weighted by molar-refractivity contribution is 5.82. The van der Waals surface area contributed by atoms with Crippen molar-refractivity contribution in [2.75, 3.05) is 7.11 Å². The van der Waals surface area contributed by atoms with Gasteiger partial charge < -0.3 is 4.74 Å². The topological polar surface area (TPSA) is 47.0 Å². The van der Waals surface area contributed by atoms with Crippen LogP contribution >= 0.6 is 0 Å². The number of aromatic nitrogens is 2. The van der Waals surface area contributed by atoms with Crippen LogP contribution in [-0.4, -0.2) is 16.9 Å². The quantitative estimate of drug-likeness (QED) is 0.570. The molecule has 27 heavy (non-hydrogen) atoms. The molecule has 1 heterocycles. The van der Waals surface area contributed by atoms with E-state index in [4.69, 9.17) is 4.74 Å². The predicted octanol–water partition coefficient (Wildman–Crippen LogP) is 4.82. The van der Waals surface area contributed by atoms with Gasteiger partial charge in [-0.25, -0.2) is 0 Å². The van der Waals surface area contributed by atoms with Gasteiger partial charge in [-0.15, -0.1) is 0 Å². The van der Waals surface area contributed by atoms with Crippen LogP contribution in [-0.2, 0) is 0 Å². The molecule has 0 bridgehead atoms. The van der Waals surface area contributed by atoms with Crippen molar-refractivity contribution in [1.82, 2.24) is 9.78 Å². The molecule has 0 saturated carbocycles. The summed E-state index contributed by atoms with van der Waals surface area (Å²) in [7, 11) is 1.64. The maximum absolute atomic E-state index is 12.9. The number of benzene rings is 3. The Hall–Kier alpha value is -3.53. The zero-order valence-electron chi connectivity index (χ0n) is 15.3. The van der Waals surface area contributed by atoms with E-state index in [0.29, 0.717) is 5.56 Å². The monoisotopic (exact) mass is 356 g/mol. The average Bonchev–Trinajstić information content (AvgIpc) is 3.06. The van der Waals surface area contributed by atoms with Crippen LogP contribution in [0.15, 0.2) is 83.7 Å². The van der Waals surface area contributed by atoms with E-state index in [1.165, 1.54) is 0 Å². The third kappa shape index (κ3) is 3.17. The summed E-state index contributed by atoms with van der Waals surface area (Å²) in [6, 6.07) is 25.6. The number of methoxy groups -OCH3 is 1. The Morgan fingerprint density at radius 3 is 2.11 bits per heavy atom. The maximum Gasteiger partial charge on any atom is 0.272 e. The van der Waals surface area contributed by atoms with E-state index in [2.05, 4.69) is 5.10 Å². The van der Waals surface area contributed by atoms with Gasteiger partial charge in [0.25, 0.3) is 5.56 Å². The lowest BCUT2D eigenvalue weighted by molar-refractivity contribution is 0.414. The van der Waals surface area contributed by atoms with Gasteiger partial charge in [-0.1, -0.05) is 60.2 Å². The molecule has 0 spiro atoms. The fourth-order valence-corrected chi connectivity index (χ4v) is 3.22. The van der Waals surface area contributed by atoms with E-state index in [0.717, 1.165) is 33.8 Å². The van der Waals surface area contributed by atoms with Crippen LogP contribution < -0.4 is 10.3 Å². The van der Waals surface area contributed by atoms with Crippen LogP contribution in [0.5, 0.6) is 5.75 Å². The average molecular weight is 356 g/mol. The minimum absolute atomic E-state index is 0.117. The summed E-state index contributed by atoms with van der Waals surface area (Å²) in [6.45, 7) is 2.04. The van der Waals surface area contributed by atoms with Gasteiger partial charge in [-0.3, -0.25) is 14.6 Å². The first-order valence-corrected chi connectivity index (χ1v) is 8.79. The van der Waals surface area contributed by atoms with Crippen molar-refractivity contribution in [1.29, 1.82) is 0 Å². The highest BCUT2D eigenvalue weighted by Crippen LogP contribution is 2.31. The Kier molecular flexibility index (Phi) is 4.38. The van der Waals surface area contributed by atoms with Crippen molar-refractivity contribution >= 4 is 0 Å². The Labute approximate surface area is 157 Å². The molecule has 4 aromatic rings. The molecule has 3 aromatic carbocycles. The summed E-state index contributed by atoms with van der Waals surface area (Å²) in [6.07, 6.45) is 0. The van der Waals surface area contributed by atoms with Gasteiger partial charge in [0.1, 0.15) is 5.75 Å². The molecule has 0 radical (unpaired) electrons. The Morgan fingerprint density at radius 2 is 1.48 bits per heavy atom. The van der Waals surface area contributed by atoms with Crippen LogP contribution in [0.2, 0.25) is 0 Å². The first-order valence-electron chi connectivity index (χ1n) is 8.79. The number of nitrogens with one attached hydrogen (secondary N) is 1. The van der Waals surface area contributed by atoms with Gasteiger partial charge in [0.2, 0.25) is 0 Å². The molecule has 0 saturated heterocycles. The predicted molar refractivity (Wildman–Crippen MR) is 109 cm³/mol. The zero-order valence-corrected chi connectivity index (χ0v) is 15.3. The fourth-order valence-electron chi connectivity index (χ4n) is 3.22. The van der Waals surface area contributed by atoms with Gasteiger partial charge in [0.15, 0.2) is 0 Å². The van der Waals surface area contributed by atoms with E-state index >= 15 is 0 Å². The first kappa shape index (κ1) is 16.9. The molecule has 0 atom stereocenters. The van der Waals surface area contributed by atoms with Crippen LogP contribution in [0.25, 0.3) is 28.1 Å².